The van der Waals surface area contributed by atoms with Crippen LogP contribution in [-0.2, 0) is 5.41 Å². The normalized spacial score (nSPS) is 19.3. The van der Waals surface area contributed by atoms with Crippen LogP contribution < -0.4 is 46.4 Å². The number of hydrogen-bond acceptors (Lipinski definition) is 1. The molecule has 9 aromatic carbocycles. The molecule has 59 heavy (non-hydrogen) atoms. The summed E-state index contributed by atoms with van der Waals surface area (Å²) in [4.78, 5) is 2.83. The smallest absolute Gasteiger partial charge is 0.184 e. The number of nitrogens with zero attached hydrogens (tertiary/aromatic N) is 1. The Morgan fingerprint density at radius 2 is 0.695 bits per heavy atom. The van der Waals surface area contributed by atoms with Gasteiger partial charge >= 0.3 is 0 Å². The Kier molecular flexibility index (Phi) is 6.13. The first-order chi connectivity index (χ1) is 29.3. The first kappa shape index (κ1) is 32.2. The van der Waals surface area contributed by atoms with E-state index in [2.05, 4.69) is 223 Å². The van der Waals surface area contributed by atoms with Gasteiger partial charge < -0.3 is 4.90 Å². The summed E-state index contributed by atoms with van der Waals surface area (Å²) in [6.07, 6.45) is 0. The van der Waals surface area contributed by atoms with Crippen LogP contribution in [0.15, 0.2) is 218 Å². The Morgan fingerprint density at radius 1 is 0.305 bits per heavy atom. The maximum Gasteiger partial charge on any atom is 0.184 e. The summed E-state index contributed by atoms with van der Waals surface area (Å²) in [6, 6.07) is 85.4. The zero-order chi connectivity index (χ0) is 38.5. The maximum atomic E-state index is 2.83. The summed E-state index contributed by atoms with van der Waals surface area (Å²) in [5, 5.41) is 11.7. The summed E-state index contributed by atoms with van der Waals surface area (Å²) < 4.78 is 0. The molecule has 0 saturated carbocycles. The molecule has 0 radical (unpaired) electrons. The molecule has 0 fully saturated rings. The van der Waals surface area contributed by atoms with Crippen molar-refractivity contribution >= 4 is 74.7 Å². The van der Waals surface area contributed by atoms with Crippen molar-refractivity contribution in [3.05, 3.63) is 257 Å². The van der Waals surface area contributed by atoms with Gasteiger partial charge in [0.1, 0.15) is 0 Å². The molecular weight excluding hydrogens is 743 g/mol. The van der Waals surface area contributed by atoms with Crippen molar-refractivity contribution in [2.24, 2.45) is 0 Å². The number of anilines is 3. The van der Waals surface area contributed by atoms with Crippen molar-refractivity contribution in [1.29, 1.82) is 0 Å². The monoisotopic (exact) mass is 779 g/mol. The summed E-state index contributed by atoms with van der Waals surface area (Å²) in [7, 11) is -5.99. The molecule has 3 heterocycles. The highest BCUT2D eigenvalue weighted by Crippen LogP contribution is 2.68. The van der Waals surface area contributed by atoms with Gasteiger partial charge in [0.25, 0.3) is 0 Å². The Labute approximate surface area is 346 Å². The van der Waals surface area contributed by atoms with Crippen molar-refractivity contribution in [3.8, 4) is 0 Å². The first-order valence-electron chi connectivity index (χ1n) is 21.0. The van der Waals surface area contributed by atoms with Crippen LogP contribution in [0.1, 0.15) is 44.9 Å². The van der Waals surface area contributed by atoms with Gasteiger partial charge in [0.15, 0.2) is 16.1 Å². The Balaban J connectivity index is 1.29. The molecule has 0 unspecified atom stereocenters. The number of hydrogen-bond donors (Lipinski definition) is 0. The zero-order valence-corrected chi connectivity index (χ0v) is 34.3. The third-order valence-electron chi connectivity index (χ3n) is 14.8. The molecule has 3 aliphatic heterocycles. The van der Waals surface area contributed by atoms with Crippen molar-refractivity contribution < 1.29 is 0 Å². The second kappa shape index (κ2) is 11.2. The van der Waals surface area contributed by atoms with Crippen molar-refractivity contribution in [3.63, 3.8) is 0 Å². The van der Waals surface area contributed by atoms with Gasteiger partial charge in [0.2, 0.25) is 0 Å². The minimum absolute atomic E-state index is 0.169. The second-order valence-electron chi connectivity index (χ2n) is 17.0. The van der Waals surface area contributed by atoms with Crippen LogP contribution in [0.2, 0.25) is 0 Å². The lowest BCUT2D eigenvalue weighted by Gasteiger charge is -2.61. The van der Waals surface area contributed by atoms with Crippen LogP contribution in [0.3, 0.4) is 0 Å². The minimum atomic E-state index is -2.99. The number of para-hydroxylation sites is 2. The van der Waals surface area contributed by atoms with E-state index < -0.39 is 21.6 Å². The predicted octanol–water partition coefficient (Wildman–Crippen LogP) is 7.04. The van der Waals surface area contributed by atoms with E-state index in [4.69, 9.17) is 0 Å². The standard InChI is InChI=1S/C56H37NSi2/c1-5-19-37(20-6-1)58(38-21-7-2-8-22-38)47-32-17-31-46-53(47)57-54-48(58)33-18-34-49(54)59(39-23-9-3-10-24-39,40-25-11-4-12-26-40)50-36-35-43-51-41-27-13-15-29-44(41)56(46,52(43)55(50)57)45-30-16-14-28-42(45)51/h1-36,51H. The van der Waals surface area contributed by atoms with Crippen LogP contribution in [0, 0.1) is 0 Å². The third-order valence-corrected chi connectivity index (χ3v) is 24.5. The molecule has 1 nitrogen and oxygen atoms in total. The summed E-state index contributed by atoms with van der Waals surface area (Å²) in [5.41, 5.74) is 13.9. The summed E-state index contributed by atoms with van der Waals surface area (Å²) in [5.74, 6) is 0.169. The van der Waals surface area contributed by atoms with E-state index in [0.29, 0.717) is 0 Å². The lowest BCUT2D eigenvalue weighted by molar-refractivity contribution is 0.623. The molecule has 2 bridgehead atoms. The average molecular weight is 780 g/mol. The van der Waals surface area contributed by atoms with Crippen LogP contribution in [-0.4, -0.2) is 16.1 Å². The van der Waals surface area contributed by atoms with E-state index in [1.54, 1.807) is 0 Å². The van der Waals surface area contributed by atoms with E-state index in [1.165, 1.54) is 97.5 Å². The Morgan fingerprint density at radius 3 is 1.19 bits per heavy atom. The maximum absolute atomic E-state index is 2.99. The molecule has 0 saturated heterocycles. The average Bonchev–Trinajstić information content (AvgIpc) is 3.32. The molecule has 3 aliphatic carbocycles. The fourth-order valence-corrected chi connectivity index (χ4v) is 23.4. The second-order valence-corrected chi connectivity index (χ2v) is 24.5. The van der Waals surface area contributed by atoms with E-state index in [1.807, 2.05) is 0 Å². The van der Waals surface area contributed by atoms with Gasteiger partial charge in [0.05, 0.1) is 16.8 Å². The molecule has 6 aliphatic rings. The Hall–Kier alpha value is -6.79. The number of rotatable bonds is 4. The molecule has 0 aromatic heterocycles. The SMILES string of the molecule is c1ccc([Si]2(c3ccccc3)c3cccc4c3N3c5c2cccc5[Si](c2ccccc2)(c2ccccc2)c2ccc5c(c23)C42c3ccccc3C5c3ccccc32)cc1. The van der Waals surface area contributed by atoms with Gasteiger partial charge in [-0.1, -0.05) is 218 Å². The van der Waals surface area contributed by atoms with Gasteiger partial charge in [-0.15, -0.1) is 0 Å². The van der Waals surface area contributed by atoms with Gasteiger partial charge in [-0.3, -0.25) is 0 Å². The van der Waals surface area contributed by atoms with E-state index in [-0.39, 0.29) is 5.92 Å². The Bertz CT molecular complexity index is 3070. The lowest BCUT2D eigenvalue weighted by atomic mass is 9.49. The predicted molar refractivity (Wildman–Crippen MR) is 248 cm³/mol. The van der Waals surface area contributed by atoms with Crippen LogP contribution in [0.25, 0.3) is 0 Å². The van der Waals surface area contributed by atoms with Crippen molar-refractivity contribution in [1.82, 2.24) is 0 Å². The molecule has 0 atom stereocenters. The molecule has 3 heteroatoms. The highest BCUT2D eigenvalue weighted by Gasteiger charge is 2.64. The van der Waals surface area contributed by atoms with E-state index in [9.17, 15) is 0 Å². The van der Waals surface area contributed by atoms with E-state index in [0.717, 1.165) is 0 Å². The first-order valence-corrected chi connectivity index (χ1v) is 25.0. The highest BCUT2D eigenvalue weighted by atomic mass is 28.3. The zero-order valence-electron chi connectivity index (χ0n) is 32.3. The molecule has 9 aromatic rings. The lowest BCUT2D eigenvalue weighted by Crippen LogP contribution is -2.83. The van der Waals surface area contributed by atoms with Gasteiger partial charge in [-0.2, -0.15) is 0 Å². The fourth-order valence-electron chi connectivity index (χ4n) is 13.0. The molecule has 0 N–H and O–H groups in total. The summed E-state index contributed by atoms with van der Waals surface area (Å²) >= 11 is 0. The van der Waals surface area contributed by atoms with Gasteiger partial charge in [-0.05, 0) is 80.4 Å². The fraction of sp³-hybridized carbons (Fsp3) is 0.0357. The van der Waals surface area contributed by atoms with Crippen LogP contribution in [0.5, 0.6) is 0 Å². The van der Waals surface area contributed by atoms with Gasteiger partial charge in [0, 0.05) is 11.6 Å². The topological polar surface area (TPSA) is 3.24 Å². The van der Waals surface area contributed by atoms with Crippen LogP contribution in [0.4, 0.5) is 17.1 Å². The molecule has 1 spiro atoms. The summed E-state index contributed by atoms with van der Waals surface area (Å²) in [6.45, 7) is 0. The molecular formula is C56H37NSi2. The van der Waals surface area contributed by atoms with Crippen molar-refractivity contribution in [2.45, 2.75) is 11.3 Å². The molecule has 0 amide bonds. The quantitative estimate of drug-likeness (QED) is 0.174. The highest BCUT2D eigenvalue weighted by molar-refractivity contribution is 7.24. The van der Waals surface area contributed by atoms with Gasteiger partial charge in [-0.25, -0.2) is 0 Å². The van der Waals surface area contributed by atoms with E-state index >= 15 is 0 Å². The minimum Gasteiger partial charge on any atom is -0.310 e. The third kappa shape index (κ3) is 3.50. The van der Waals surface area contributed by atoms with Crippen molar-refractivity contribution in [2.75, 3.05) is 4.90 Å². The number of benzene rings is 9. The van der Waals surface area contributed by atoms with Crippen LogP contribution >= 0.6 is 0 Å². The molecule has 274 valence electrons. The largest absolute Gasteiger partial charge is 0.310 e. The molecule has 15 rings (SSSR count).